The molecule has 0 rings (SSSR count). The average Bonchev–Trinajstić information content (AvgIpc) is 2.14. The minimum Gasteiger partial charge on any atom is -0.398 e. The summed E-state index contributed by atoms with van der Waals surface area (Å²) in [7, 11) is 1.59. The molecule has 4 nitrogen and oxygen atoms in total. The summed E-state index contributed by atoms with van der Waals surface area (Å²) < 4.78 is 10.8. The summed E-state index contributed by atoms with van der Waals surface area (Å²) in [6, 6.07) is 1.98. The van der Waals surface area contributed by atoms with Crippen molar-refractivity contribution in [1.29, 1.82) is 5.41 Å². The number of hydrogen-bond donors (Lipinski definition) is 2. The Kier molecular flexibility index (Phi) is 9.82. The molecule has 0 spiro atoms. The van der Waals surface area contributed by atoms with Gasteiger partial charge < -0.3 is 20.4 Å². The van der Waals surface area contributed by atoms with Crippen LogP contribution in [0.5, 0.6) is 0 Å². The van der Waals surface area contributed by atoms with E-state index in [1.807, 2.05) is 0 Å². The van der Waals surface area contributed by atoms with E-state index in [2.05, 4.69) is 6.92 Å². The van der Waals surface area contributed by atoms with Crippen LogP contribution in [0.1, 0.15) is 19.8 Å². The highest BCUT2D eigenvalue weighted by Crippen LogP contribution is 2.19. The fraction of sp³-hybridized carbons (Fsp3) is 0.875. The van der Waals surface area contributed by atoms with E-state index in [4.69, 9.17) is 14.3 Å². The zero-order valence-electron chi connectivity index (χ0n) is 8.93. The quantitative estimate of drug-likeness (QED) is 0.381. The molecule has 4 N–H and O–H groups in total. The Morgan fingerprint density at radius 1 is 1.31 bits per heavy atom. The van der Waals surface area contributed by atoms with Crippen LogP contribution in [-0.2, 0) is 8.85 Å². The number of nitrogens with one attached hydrogen (secondary N) is 1. The van der Waals surface area contributed by atoms with Gasteiger partial charge in [-0.3, -0.25) is 0 Å². The van der Waals surface area contributed by atoms with E-state index in [0.29, 0.717) is 0 Å². The van der Waals surface area contributed by atoms with E-state index < -0.39 is 8.56 Å². The Bertz CT molecular complexity index is 121. The lowest BCUT2D eigenvalue weighted by molar-refractivity contribution is 0.242. The smallest absolute Gasteiger partial charge is 0.337 e. The van der Waals surface area contributed by atoms with Gasteiger partial charge >= 0.3 is 8.56 Å². The molecule has 0 aliphatic rings. The molecule has 0 unspecified atom stereocenters. The molecular formula is C8H22N2O2Si. The molecule has 0 aromatic rings. The van der Waals surface area contributed by atoms with Crippen molar-refractivity contribution in [3.8, 4) is 0 Å². The van der Waals surface area contributed by atoms with Gasteiger partial charge in [0.25, 0.3) is 0 Å². The van der Waals surface area contributed by atoms with E-state index in [0.717, 1.165) is 24.9 Å². The molecule has 5 heteroatoms. The zero-order valence-corrected chi connectivity index (χ0v) is 9.93. The van der Waals surface area contributed by atoms with Crippen molar-refractivity contribution < 1.29 is 8.85 Å². The molecule has 0 amide bonds. The van der Waals surface area contributed by atoms with Gasteiger partial charge in [-0.2, -0.15) is 0 Å². The summed E-state index contributed by atoms with van der Waals surface area (Å²) in [5.41, 5.74) is 0. The highest BCUT2D eigenvalue weighted by atomic mass is 28.4. The molecule has 0 aliphatic carbocycles. The molecule has 0 aliphatic heterocycles. The van der Waals surface area contributed by atoms with E-state index in [9.17, 15) is 0 Å². The van der Waals surface area contributed by atoms with Crippen molar-refractivity contribution in [2.24, 2.45) is 0 Å². The first kappa shape index (κ1) is 15.2. The lowest BCUT2D eigenvalue weighted by atomic mass is 10.4. The second-order valence-corrected chi connectivity index (χ2v) is 6.61. The summed E-state index contributed by atoms with van der Waals surface area (Å²) in [6.07, 6.45) is 3.28. The molecule has 0 radical (unpaired) electrons. The van der Waals surface area contributed by atoms with Crippen molar-refractivity contribution >= 4 is 14.8 Å². The molecule has 0 saturated heterocycles. The van der Waals surface area contributed by atoms with Crippen LogP contribution in [0.2, 0.25) is 12.1 Å². The maximum Gasteiger partial charge on any atom is 0.337 e. The lowest BCUT2D eigenvalue weighted by Crippen LogP contribution is -2.38. The largest absolute Gasteiger partial charge is 0.398 e. The maximum absolute atomic E-state index is 6.89. The first-order valence-electron chi connectivity index (χ1n) is 4.34. The van der Waals surface area contributed by atoms with Crippen LogP contribution in [0.15, 0.2) is 0 Å². The summed E-state index contributed by atoms with van der Waals surface area (Å²) in [5, 5.41) is 6.89. The van der Waals surface area contributed by atoms with Gasteiger partial charge in [-0.15, -0.1) is 0 Å². The van der Waals surface area contributed by atoms with Gasteiger partial charge in [0.15, 0.2) is 0 Å². The molecule has 0 aromatic heterocycles. The highest BCUT2D eigenvalue weighted by Gasteiger charge is 2.31. The summed E-state index contributed by atoms with van der Waals surface area (Å²) in [5.74, 6) is 0. The molecule has 0 heterocycles. The normalized spacial score (nSPS) is 10.7. The maximum atomic E-state index is 6.89. The first-order chi connectivity index (χ1) is 5.74. The van der Waals surface area contributed by atoms with Crippen LogP contribution in [0, 0.1) is 5.41 Å². The van der Waals surface area contributed by atoms with Crippen LogP contribution >= 0.6 is 0 Å². The molecule has 0 atom stereocenters. The van der Waals surface area contributed by atoms with Crippen LogP contribution in [-0.4, -0.2) is 29.0 Å². The average molecular weight is 206 g/mol. The first-order valence-corrected chi connectivity index (χ1v) is 6.57. The van der Waals surface area contributed by atoms with Gasteiger partial charge in [-0.25, -0.2) is 0 Å². The summed E-state index contributed by atoms with van der Waals surface area (Å²) in [6.45, 7) is 2.10. The number of hydrogen-bond acceptors (Lipinski definition) is 4. The van der Waals surface area contributed by atoms with Gasteiger partial charge in [-0.1, -0.05) is 6.92 Å². The Labute approximate surface area is 82.0 Å². The predicted octanol–water partition coefficient (Wildman–Crippen LogP) is 2.33. The number of unbranched alkanes of at least 4 members (excludes halogenated alkanes) is 1. The van der Waals surface area contributed by atoms with Crippen molar-refractivity contribution in [3.63, 3.8) is 0 Å². The molecule has 13 heavy (non-hydrogen) atoms. The Hall–Kier alpha value is -0.233. The van der Waals surface area contributed by atoms with Crippen LogP contribution in [0.4, 0.5) is 0 Å². The van der Waals surface area contributed by atoms with Gasteiger partial charge in [0.05, 0.1) is 0 Å². The van der Waals surface area contributed by atoms with E-state index in [1.54, 1.807) is 14.2 Å². The van der Waals surface area contributed by atoms with Gasteiger partial charge in [-0.05, 0) is 31.1 Å². The summed E-state index contributed by atoms with van der Waals surface area (Å²) >= 11 is 0. The van der Waals surface area contributed by atoms with E-state index in [1.165, 1.54) is 6.21 Å². The Morgan fingerprint density at radius 3 is 2.15 bits per heavy atom. The van der Waals surface area contributed by atoms with Crippen molar-refractivity contribution in [2.45, 2.75) is 31.9 Å². The zero-order chi connectivity index (χ0) is 9.45. The second-order valence-electron chi connectivity index (χ2n) is 2.77. The van der Waals surface area contributed by atoms with Gasteiger partial charge in [0, 0.05) is 14.2 Å². The van der Waals surface area contributed by atoms with Crippen molar-refractivity contribution in [3.05, 3.63) is 0 Å². The van der Waals surface area contributed by atoms with E-state index in [-0.39, 0.29) is 6.15 Å². The lowest BCUT2D eigenvalue weighted by Gasteiger charge is -2.25. The molecule has 0 fully saturated rings. The van der Waals surface area contributed by atoms with Crippen LogP contribution in [0.25, 0.3) is 0 Å². The van der Waals surface area contributed by atoms with Gasteiger partial charge in [0.2, 0.25) is 0 Å². The van der Waals surface area contributed by atoms with Crippen LogP contribution < -0.4 is 6.15 Å². The summed E-state index contributed by atoms with van der Waals surface area (Å²) in [4.78, 5) is 0. The third kappa shape index (κ3) is 5.15. The fourth-order valence-corrected chi connectivity index (χ4v) is 3.47. The van der Waals surface area contributed by atoms with E-state index >= 15 is 0 Å². The third-order valence-electron chi connectivity index (χ3n) is 2.19. The minimum absolute atomic E-state index is 0. The van der Waals surface area contributed by atoms with Crippen molar-refractivity contribution in [1.82, 2.24) is 6.15 Å². The van der Waals surface area contributed by atoms with Gasteiger partial charge in [0.1, 0.15) is 0 Å². The second kappa shape index (κ2) is 8.37. The fourth-order valence-electron chi connectivity index (χ4n) is 1.23. The SMILES string of the molecule is CC[Si](CCCC=N)(OC)OC.N. The standard InChI is InChI=1S/C8H19NO2Si.H3N/c1-4-12(10-2,11-3)8-6-5-7-9;/h7,9H,4-6,8H2,1-3H3;1H3. The third-order valence-corrected chi connectivity index (χ3v) is 5.87. The molecule has 0 bridgehead atoms. The van der Waals surface area contributed by atoms with Crippen LogP contribution in [0.3, 0.4) is 0 Å². The topological polar surface area (TPSA) is 77.3 Å². The number of rotatable bonds is 7. The predicted molar refractivity (Wildman–Crippen MR) is 58.1 cm³/mol. The molecule has 0 aromatic carbocycles. The monoisotopic (exact) mass is 206 g/mol. The van der Waals surface area contributed by atoms with Crippen molar-refractivity contribution in [2.75, 3.05) is 14.2 Å². The Balaban J connectivity index is 0. The molecule has 0 saturated carbocycles. The Morgan fingerprint density at radius 2 is 1.85 bits per heavy atom. The molecular weight excluding hydrogens is 184 g/mol. The minimum atomic E-state index is -1.86. The molecule has 80 valence electrons. The highest BCUT2D eigenvalue weighted by molar-refractivity contribution is 6.67.